The van der Waals surface area contributed by atoms with Gasteiger partial charge in [-0.3, -0.25) is 19.8 Å². The van der Waals surface area contributed by atoms with Crippen LogP contribution in [-0.4, -0.2) is 36.5 Å². The van der Waals surface area contributed by atoms with Crippen LogP contribution in [-0.2, 0) is 22.7 Å². The molecule has 1 N–H and O–H groups in total. The van der Waals surface area contributed by atoms with E-state index in [2.05, 4.69) is 5.32 Å². The second kappa shape index (κ2) is 13.5. The van der Waals surface area contributed by atoms with Gasteiger partial charge in [0.05, 0.1) is 25.3 Å². The van der Waals surface area contributed by atoms with Crippen molar-refractivity contribution in [2.45, 2.75) is 26.5 Å². The van der Waals surface area contributed by atoms with Gasteiger partial charge >= 0.3 is 6.03 Å². The van der Waals surface area contributed by atoms with E-state index in [1.54, 1.807) is 36.4 Å². The highest BCUT2D eigenvalue weighted by Crippen LogP contribution is 2.36. The van der Waals surface area contributed by atoms with Crippen molar-refractivity contribution in [2.24, 2.45) is 0 Å². The van der Waals surface area contributed by atoms with Crippen molar-refractivity contribution in [3.05, 3.63) is 90.9 Å². The van der Waals surface area contributed by atoms with Crippen LogP contribution in [0.5, 0.6) is 17.2 Å². The average Bonchev–Trinajstić information content (AvgIpc) is 2.92. The Morgan fingerprint density at radius 2 is 1.63 bits per heavy atom. The van der Waals surface area contributed by atoms with Gasteiger partial charge in [0.2, 0.25) is 0 Å². The summed E-state index contributed by atoms with van der Waals surface area (Å²) < 4.78 is 17.0. The molecule has 0 aromatic heterocycles. The number of urea groups is 1. The van der Waals surface area contributed by atoms with E-state index in [9.17, 15) is 14.4 Å². The van der Waals surface area contributed by atoms with Gasteiger partial charge in [-0.15, -0.1) is 0 Å². The van der Waals surface area contributed by atoms with Crippen molar-refractivity contribution in [2.75, 3.05) is 13.7 Å². The molecule has 3 aromatic rings. The molecular formula is C29H24Cl4N2O6. The number of methoxy groups -OCH3 is 1. The van der Waals surface area contributed by atoms with E-state index in [4.69, 9.17) is 60.6 Å². The molecular weight excluding hydrogens is 614 g/mol. The second-order valence-corrected chi connectivity index (χ2v) is 10.6. The van der Waals surface area contributed by atoms with Crippen molar-refractivity contribution < 1.29 is 28.6 Å². The van der Waals surface area contributed by atoms with Gasteiger partial charge in [-0.25, -0.2) is 4.79 Å². The number of amides is 4. The van der Waals surface area contributed by atoms with Crippen LogP contribution in [0.25, 0.3) is 6.08 Å². The van der Waals surface area contributed by atoms with Crippen LogP contribution in [0.4, 0.5) is 4.79 Å². The summed E-state index contributed by atoms with van der Waals surface area (Å²) in [4.78, 5) is 39.8. The first-order chi connectivity index (χ1) is 19.6. The minimum absolute atomic E-state index is 0.0120. The highest BCUT2D eigenvalue weighted by molar-refractivity contribution is 6.36. The molecule has 8 nitrogen and oxygen atoms in total. The summed E-state index contributed by atoms with van der Waals surface area (Å²) in [6.45, 7) is 2.37. The van der Waals surface area contributed by atoms with E-state index in [0.717, 1.165) is 11.3 Å². The summed E-state index contributed by atoms with van der Waals surface area (Å²) in [7, 11) is 1.49. The Kier molecular flexibility index (Phi) is 10.0. The number of imide groups is 2. The smallest absolute Gasteiger partial charge is 0.331 e. The summed E-state index contributed by atoms with van der Waals surface area (Å²) in [5.41, 5.74) is 1.15. The summed E-state index contributed by atoms with van der Waals surface area (Å²) in [5, 5.41) is 3.44. The summed E-state index contributed by atoms with van der Waals surface area (Å²) in [6, 6.07) is 12.1. The van der Waals surface area contributed by atoms with Crippen molar-refractivity contribution in [1.82, 2.24) is 10.2 Å². The van der Waals surface area contributed by atoms with E-state index in [1.807, 2.05) is 6.92 Å². The Labute approximate surface area is 256 Å². The minimum atomic E-state index is -0.875. The number of rotatable bonds is 10. The standard InChI is InChI=1S/C29H24Cl4N2O6/c1-3-8-40-24-7-4-16(9-25(24)39-2)14-35-28(37)21(27(36)34-29(35)38)11-18-10-20(31)13-23(33)26(18)41-15-17-5-6-19(30)12-22(17)32/h4-7,9-13H,3,8,14-15H2,1-2H3,(H,34,36,38)/b21-11+. The second-order valence-electron chi connectivity index (χ2n) is 8.87. The van der Waals surface area contributed by atoms with Gasteiger partial charge in [0.15, 0.2) is 11.5 Å². The van der Waals surface area contributed by atoms with E-state index < -0.39 is 17.8 Å². The largest absolute Gasteiger partial charge is 0.493 e. The number of carbonyl (C=O) groups is 3. The molecule has 214 valence electrons. The molecule has 1 aliphatic heterocycles. The monoisotopic (exact) mass is 636 g/mol. The van der Waals surface area contributed by atoms with Crippen LogP contribution in [0.1, 0.15) is 30.0 Å². The summed E-state index contributed by atoms with van der Waals surface area (Å²) >= 11 is 24.9. The average molecular weight is 638 g/mol. The van der Waals surface area contributed by atoms with Crippen LogP contribution in [0.15, 0.2) is 54.1 Å². The predicted octanol–water partition coefficient (Wildman–Crippen LogP) is 7.34. The van der Waals surface area contributed by atoms with Crippen LogP contribution >= 0.6 is 46.4 Å². The fourth-order valence-electron chi connectivity index (χ4n) is 3.95. The number of hydrogen-bond acceptors (Lipinski definition) is 6. The third-order valence-corrected chi connectivity index (χ3v) is 7.03. The maximum absolute atomic E-state index is 13.4. The first kappa shape index (κ1) is 30.5. The number of hydrogen-bond donors (Lipinski definition) is 1. The highest BCUT2D eigenvalue weighted by Gasteiger charge is 2.36. The molecule has 1 saturated heterocycles. The Morgan fingerprint density at radius 3 is 2.34 bits per heavy atom. The molecule has 4 amide bonds. The molecule has 0 aliphatic carbocycles. The number of nitrogens with zero attached hydrogens (tertiary/aromatic N) is 1. The lowest BCUT2D eigenvalue weighted by atomic mass is 10.1. The first-order valence-electron chi connectivity index (χ1n) is 12.4. The zero-order valence-corrected chi connectivity index (χ0v) is 25.0. The Morgan fingerprint density at radius 1 is 0.878 bits per heavy atom. The number of carbonyl (C=O) groups excluding carboxylic acids is 3. The van der Waals surface area contributed by atoms with Gasteiger partial charge in [-0.1, -0.05) is 65.5 Å². The van der Waals surface area contributed by atoms with Gasteiger partial charge in [-0.2, -0.15) is 0 Å². The minimum Gasteiger partial charge on any atom is -0.493 e. The summed E-state index contributed by atoms with van der Waals surface area (Å²) in [6.07, 6.45) is 2.09. The van der Waals surface area contributed by atoms with Crippen molar-refractivity contribution in [1.29, 1.82) is 0 Å². The van der Waals surface area contributed by atoms with Crippen molar-refractivity contribution in [3.8, 4) is 17.2 Å². The van der Waals surface area contributed by atoms with E-state index in [1.165, 1.54) is 25.3 Å². The van der Waals surface area contributed by atoms with Gasteiger partial charge in [0.1, 0.15) is 17.9 Å². The molecule has 0 radical (unpaired) electrons. The zero-order chi connectivity index (χ0) is 29.7. The third-order valence-electron chi connectivity index (χ3n) is 5.94. The Hall–Kier alpha value is -3.43. The lowest BCUT2D eigenvalue weighted by Crippen LogP contribution is -2.53. The molecule has 0 unspecified atom stereocenters. The molecule has 0 bridgehead atoms. The molecule has 12 heteroatoms. The fraction of sp³-hybridized carbons (Fsp3) is 0.207. The Bertz CT molecular complexity index is 1540. The van der Waals surface area contributed by atoms with Gasteiger partial charge < -0.3 is 14.2 Å². The molecule has 1 fully saturated rings. The lowest BCUT2D eigenvalue weighted by Gasteiger charge is -2.27. The number of nitrogens with one attached hydrogen (secondary N) is 1. The SMILES string of the molecule is CCCOc1ccc(CN2C(=O)NC(=O)/C(=C\c3cc(Cl)cc(Cl)c3OCc3ccc(Cl)cc3Cl)C2=O)cc1OC. The fourth-order valence-corrected chi connectivity index (χ4v) is 4.97. The summed E-state index contributed by atoms with van der Waals surface area (Å²) in [5.74, 6) is -0.546. The van der Waals surface area contributed by atoms with Crippen molar-refractivity contribution >= 4 is 70.3 Å². The maximum atomic E-state index is 13.4. The molecule has 1 aliphatic rings. The van der Waals surface area contributed by atoms with E-state index in [-0.39, 0.29) is 40.1 Å². The molecule has 1 heterocycles. The van der Waals surface area contributed by atoms with Gasteiger partial charge in [0.25, 0.3) is 11.8 Å². The number of barbiturate groups is 1. The quantitative estimate of drug-likeness (QED) is 0.185. The van der Waals surface area contributed by atoms with Gasteiger partial charge in [0, 0.05) is 26.2 Å². The number of halogens is 4. The molecule has 0 atom stereocenters. The molecule has 3 aromatic carbocycles. The topological polar surface area (TPSA) is 94.2 Å². The molecule has 0 spiro atoms. The van der Waals surface area contributed by atoms with Crippen LogP contribution in [0.2, 0.25) is 20.1 Å². The molecule has 0 saturated carbocycles. The third kappa shape index (κ3) is 7.26. The van der Waals surface area contributed by atoms with E-state index >= 15 is 0 Å². The van der Waals surface area contributed by atoms with Gasteiger partial charge in [-0.05, 0) is 54.5 Å². The lowest BCUT2D eigenvalue weighted by molar-refractivity contribution is -0.130. The first-order valence-corrected chi connectivity index (χ1v) is 13.9. The Balaban J connectivity index is 1.63. The number of ether oxygens (including phenoxy) is 3. The zero-order valence-electron chi connectivity index (χ0n) is 21.9. The van der Waals surface area contributed by atoms with Crippen LogP contribution in [0.3, 0.4) is 0 Å². The maximum Gasteiger partial charge on any atom is 0.331 e. The van der Waals surface area contributed by atoms with E-state index in [0.29, 0.717) is 39.3 Å². The highest BCUT2D eigenvalue weighted by atomic mass is 35.5. The predicted molar refractivity (Wildman–Crippen MR) is 158 cm³/mol. The van der Waals surface area contributed by atoms with Crippen LogP contribution in [0, 0.1) is 0 Å². The molecule has 41 heavy (non-hydrogen) atoms. The van der Waals surface area contributed by atoms with Crippen LogP contribution < -0.4 is 19.5 Å². The van der Waals surface area contributed by atoms with Crippen molar-refractivity contribution in [3.63, 3.8) is 0 Å². The molecule has 4 rings (SSSR count). The normalized spacial score (nSPS) is 14.3. The number of benzene rings is 3.